The molecule has 0 aliphatic heterocycles. The summed E-state index contributed by atoms with van der Waals surface area (Å²) in [5, 5.41) is 0. The Hall–Kier alpha value is -3.15. The molecule has 0 saturated carbocycles. The maximum absolute atomic E-state index is 12.7. The molecule has 1 atom stereocenters. The summed E-state index contributed by atoms with van der Waals surface area (Å²) in [6.45, 7) is 6.31. The van der Waals surface area contributed by atoms with Gasteiger partial charge in [0, 0.05) is 19.3 Å². The van der Waals surface area contributed by atoms with Crippen LogP contribution in [0.4, 0.5) is 0 Å². The van der Waals surface area contributed by atoms with Crippen LogP contribution in [0.2, 0.25) is 0 Å². The van der Waals surface area contributed by atoms with Crippen molar-refractivity contribution in [3.05, 3.63) is 72.9 Å². The fraction of sp³-hybridized carbons (Fsp3) is 0.681. The molecule has 302 valence electrons. The molecule has 0 aliphatic rings. The van der Waals surface area contributed by atoms with Crippen LogP contribution in [0.25, 0.3) is 0 Å². The number of allylic oxidation sites excluding steroid dienone is 12. The van der Waals surface area contributed by atoms with E-state index in [1.165, 1.54) is 38.5 Å². The zero-order valence-corrected chi connectivity index (χ0v) is 34.3. The van der Waals surface area contributed by atoms with Gasteiger partial charge in [-0.3, -0.25) is 14.4 Å². The fourth-order valence-corrected chi connectivity index (χ4v) is 5.53. The molecule has 0 heterocycles. The molecule has 0 aromatic carbocycles. The molecule has 0 aromatic heterocycles. The molecule has 0 bridgehead atoms. The molecule has 0 fully saturated rings. The molecule has 0 radical (unpaired) electrons. The van der Waals surface area contributed by atoms with E-state index >= 15 is 0 Å². The fourth-order valence-electron chi connectivity index (χ4n) is 5.53. The zero-order chi connectivity index (χ0) is 38.7. The van der Waals surface area contributed by atoms with Crippen LogP contribution in [0.5, 0.6) is 0 Å². The Balaban J connectivity index is 4.48. The molecule has 0 amide bonds. The van der Waals surface area contributed by atoms with Gasteiger partial charge in [-0.1, -0.05) is 158 Å². The van der Waals surface area contributed by atoms with Crippen LogP contribution < -0.4 is 0 Å². The van der Waals surface area contributed by atoms with Crippen molar-refractivity contribution in [2.45, 2.75) is 194 Å². The number of unbranched alkanes of at least 4 members (excludes halogenated alkanes) is 14. The third-order valence-electron chi connectivity index (χ3n) is 8.71. The second-order valence-corrected chi connectivity index (χ2v) is 13.8. The minimum atomic E-state index is -0.797. The van der Waals surface area contributed by atoms with Gasteiger partial charge in [0.15, 0.2) is 6.10 Å². The molecular formula is C47H78O6. The number of rotatable bonds is 37. The average Bonchev–Trinajstić information content (AvgIpc) is 3.15. The van der Waals surface area contributed by atoms with Crippen LogP contribution >= 0.6 is 0 Å². The first kappa shape index (κ1) is 49.9. The Morgan fingerprint density at radius 3 is 1.15 bits per heavy atom. The van der Waals surface area contributed by atoms with Crippen molar-refractivity contribution >= 4 is 17.9 Å². The van der Waals surface area contributed by atoms with Gasteiger partial charge in [-0.05, 0) is 83.5 Å². The molecule has 0 N–H and O–H groups in total. The van der Waals surface area contributed by atoms with Gasteiger partial charge < -0.3 is 14.2 Å². The summed E-state index contributed by atoms with van der Waals surface area (Å²) in [6, 6.07) is 0. The van der Waals surface area contributed by atoms with Gasteiger partial charge in [-0.15, -0.1) is 0 Å². The number of hydrogen-bond acceptors (Lipinski definition) is 6. The van der Waals surface area contributed by atoms with Crippen LogP contribution in [-0.2, 0) is 28.6 Å². The molecule has 0 saturated heterocycles. The smallest absolute Gasteiger partial charge is 0.306 e. The van der Waals surface area contributed by atoms with Gasteiger partial charge in [0.25, 0.3) is 0 Å². The summed E-state index contributed by atoms with van der Waals surface area (Å²) in [5.41, 5.74) is 0. The Labute approximate surface area is 325 Å². The summed E-state index contributed by atoms with van der Waals surface area (Å²) in [4.78, 5) is 37.6. The monoisotopic (exact) mass is 739 g/mol. The highest BCUT2D eigenvalue weighted by Crippen LogP contribution is 2.12. The summed E-state index contributed by atoms with van der Waals surface area (Å²) < 4.78 is 16.6. The highest BCUT2D eigenvalue weighted by Gasteiger charge is 2.19. The Kier molecular flexibility index (Phi) is 39.1. The van der Waals surface area contributed by atoms with Gasteiger partial charge in [0.2, 0.25) is 0 Å². The van der Waals surface area contributed by atoms with E-state index in [-0.39, 0.29) is 37.5 Å². The van der Waals surface area contributed by atoms with Crippen molar-refractivity contribution in [2.75, 3.05) is 13.2 Å². The van der Waals surface area contributed by atoms with E-state index in [1.807, 2.05) is 0 Å². The molecule has 1 unspecified atom stereocenters. The summed E-state index contributed by atoms with van der Waals surface area (Å²) >= 11 is 0. The summed E-state index contributed by atoms with van der Waals surface area (Å²) in [5.74, 6) is -0.969. The minimum absolute atomic E-state index is 0.0968. The van der Waals surface area contributed by atoms with Crippen molar-refractivity contribution in [3.63, 3.8) is 0 Å². The minimum Gasteiger partial charge on any atom is -0.462 e. The van der Waals surface area contributed by atoms with E-state index in [9.17, 15) is 14.4 Å². The van der Waals surface area contributed by atoms with Crippen molar-refractivity contribution in [1.82, 2.24) is 0 Å². The predicted molar refractivity (Wildman–Crippen MR) is 224 cm³/mol. The van der Waals surface area contributed by atoms with E-state index < -0.39 is 6.10 Å². The first-order chi connectivity index (χ1) is 26.0. The average molecular weight is 739 g/mol. The Morgan fingerprint density at radius 1 is 0.396 bits per heavy atom. The second kappa shape index (κ2) is 41.6. The van der Waals surface area contributed by atoms with E-state index in [0.717, 1.165) is 109 Å². The van der Waals surface area contributed by atoms with Crippen LogP contribution in [0, 0.1) is 0 Å². The molecular weight excluding hydrogens is 661 g/mol. The van der Waals surface area contributed by atoms with Crippen molar-refractivity contribution in [3.8, 4) is 0 Å². The van der Waals surface area contributed by atoms with Crippen molar-refractivity contribution in [1.29, 1.82) is 0 Å². The van der Waals surface area contributed by atoms with E-state index in [1.54, 1.807) is 0 Å². The standard InChI is InChI=1S/C47H78O6/c1-4-7-10-13-16-19-21-23-25-28-31-34-37-40-46(49)52-43-44(42-51-45(48)39-36-33-30-27-18-15-12-9-6-3)53-47(50)41-38-35-32-29-26-24-22-20-17-14-11-8-5-2/h7-8,10-11,16-17,19-20,23-26,44H,4-6,9,12-15,18,21-22,27-43H2,1-3H3/b10-7-,11-8-,19-16-,20-17-,25-23-,26-24-. The van der Waals surface area contributed by atoms with Gasteiger partial charge in [0.1, 0.15) is 13.2 Å². The number of hydrogen-bond donors (Lipinski definition) is 0. The quantitative estimate of drug-likeness (QED) is 0.0273. The topological polar surface area (TPSA) is 78.9 Å². The molecule has 0 aliphatic carbocycles. The number of esters is 3. The number of carbonyl (C=O) groups is 3. The lowest BCUT2D eigenvalue weighted by Crippen LogP contribution is -2.30. The molecule has 0 spiro atoms. The second-order valence-electron chi connectivity index (χ2n) is 13.8. The van der Waals surface area contributed by atoms with Crippen LogP contribution in [-0.4, -0.2) is 37.2 Å². The maximum Gasteiger partial charge on any atom is 0.306 e. The lowest BCUT2D eigenvalue weighted by Gasteiger charge is -2.18. The zero-order valence-electron chi connectivity index (χ0n) is 34.3. The van der Waals surface area contributed by atoms with Crippen LogP contribution in [0.3, 0.4) is 0 Å². The normalized spacial score (nSPS) is 12.7. The Bertz CT molecular complexity index is 1030. The summed E-state index contributed by atoms with van der Waals surface area (Å²) in [7, 11) is 0. The lowest BCUT2D eigenvalue weighted by molar-refractivity contribution is -0.167. The third kappa shape index (κ3) is 39.9. The molecule has 53 heavy (non-hydrogen) atoms. The van der Waals surface area contributed by atoms with Gasteiger partial charge in [-0.2, -0.15) is 0 Å². The van der Waals surface area contributed by atoms with E-state index in [2.05, 4.69) is 93.7 Å². The molecule has 0 rings (SSSR count). The lowest BCUT2D eigenvalue weighted by atomic mass is 10.1. The predicted octanol–water partition coefficient (Wildman–Crippen LogP) is 13.5. The summed E-state index contributed by atoms with van der Waals surface area (Å²) in [6.07, 6.45) is 50.3. The molecule has 6 nitrogen and oxygen atoms in total. The molecule has 0 aromatic rings. The highest BCUT2D eigenvalue weighted by atomic mass is 16.6. The van der Waals surface area contributed by atoms with Crippen molar-refractivity contribution < 1.29 is 28.6 Å². The van der Waals surface area contributed by atoms with E-state index in [4.69, 9.17) is 14.2 Å². The van der Waals surface area contributed by atoms with Crippen LogP contribution in [0.15, 0.2) is 72.9 Å². The molecule has 6 heteroatoms. The number of carbonyl (C=O) groups excluding carboxylic acids is 3. The number of ether oxygens (including phenoxy) is 3. The Morgan fingerprint density at radius 2 is 0.736 bits per heavy atom. The first-order valence-corrected chi connectivity index (χ1v) is 21.4. The van der Waals surface area contributed by atoms with Gasteiger partial charge in [-0.25, -0.2) is 0 Å². The first-order valence-electron chi connectivity index (χ1n) is 21.4. The maximum atomic E-state index is 12.7. The van der Waals surface area contributed by atoms with Crippen LogP contribution in [0.1, 0.15) is 188 Å². The largest absolute Gasteiger partial charge is 0.462 e. The van der Waals surface area contributed by atoms with Crippen molar-refractivity contribution in [2.24, 2.45) is 0 Å². The highest BCUT2D eigenvalue weighted by molar-refractivity contribution is 5.71. The SMILES string of the molecule is CC/C=C\C/C=C\C/C=C\CCCCCC(=O)OCC(COC(=O)CCCCCCCCCCC)OC(=O)CCCCC/C=C\C/C=C\C/C=C\CC. The van der Waals surface area contributed by atoms with Gasteiger partial charge in [0.05, 0.1) is 0 Å². The van der Waals surface area contributed by atoms with Gasteiger partial charge >= 0.3 is 17.9 Å². The van der Waals surface area contributed by atoms with E-state index in [0.29, 0.717) is 12.8 Å². The third-order valence-corrected chi connectivity index (χ3v) is 8.71.